The number of likely N-dealkylation sites (N-methyl/N-ethyl adjacent to an activating group) is 1. The Morgan fingerprint density at radius 3 is 2.44 bits per heavy atom. The first-order valence-corrected chi connectivity index (χ1v) is 13.1. The molecule has 0 saturated carbocycles. The second-order valence-electron chi connectivity index (χ2n) is 9.90. The van der Waals surface area contributed by atoms with E-state index in [1.165, 1.54) is 19.4 Å². The van der Waals surface area contributed by atoms with Gasteiger partial charge in [-0.3, -0.25) is 14.5 Å². The fourth-order valence-electron chi connectivity index (χ4n) is 4.65. The van der Waals surface area contributed by atoms with Gasteiger partial charge in [0.2, 0.25) is 0 Å². The van der Waals surface area contributed by atoms with Gasteiger partial charge in [0.1, 0.15) is 0 Å². The zero-order chi connectivity index (χ0) is 27.8. The van der Waals surface area contributed by atoms with Crippen LogP contribution in [-0.4, -0.2) is 47.7 Å². The van der Waals surface area contributed by atoms with E-state index in [-0.39, 0.29) is 18.8 Å². The van der Waals surface area contributed by atoms with Crippen LogP contribution in [0.4, 0.5) is 5.69 Å². The van der Waals surface area contributed by atoms with Crippen LogP contribution in [0.5, 0.6) is 0 Å². The fraction of sp³-hybridized carbons (Fsp3) is 0.355. The average molecular weight is 533 g/mol. The Hall–Kier alpha value is -3.56. The number of nitrogens with one attached hydrogen (secondary N) is 1. The van der Waals surface area contributed by atoms with Crippen molar-refractivity contribution in [3.63, 3.8) is 0 Å². The molecule has 3 aromatic carbocycles. The molecular formula is C31H36N2O6. The lowest BCUT2D eigenvalue weighted by molar-refractivity contribution is -0.252. The van der Waals surface area contributed by atoms with Crippen LogP contribution < -0.4 is 5.32 Å². The minimum absolute atomic E-state index is 0.0148. The summed E-state index contributed by atoms with van der Waals surface area (Å²) < 4.78 is 17.9. The average Bonchev–Trinajstić information content (AvgIpc) is 2.93. The molecule has 1 aliphatic heterocycles. The zero-order valence-electron chi connectivity index (χ0n) is 22.6. The maximum absolute atomic E-state index is 12.5. The van der Waals surface area contributed by atoms with E-state index in [1.54, 1.807) is 6.07 Å². The summed E-state index contributed by atoms with van der Waals surface area (Å²) in [4.78, 5) is 25.9. The van der Waals surface area contributed by atoms with E-state index in [1.807, 2.05) is 60.7 Å². The van der Waals surface area contributed by atoms with Crippen molar-refractivity contribution < 1.29 is 28.9 Å². The number of esters is 1. The standard InChI is InChI=1S/C31H36N2O6/c1-21(37-22(2)35)30(36)32-27-11-7-10-26(16-27)31-38-28(19-33(3)18-23-8-5-4-6-9-23)17-29(39-31)25-14-12-24(20-34)13-15-25/h4-16,21,28-29,31,34H,17-20H2,1-3H3,(H,32,36)/t21-,28+,29-,31-/m0/s1. The molecule has 4 rings (SSSR count). The third kappa shape index (κ3) is 8.21. The summed E-state index contributed by atoms with van der Waals surface area (Å²) in [5.74, 6) is -0.938. The number of anilines is 1. The number of benzene rings is 3. The summed E-state index contributed by atoms with van der Waals surface area (Å²) in [6, 6.07) is 25.4. The van der Waals surface area contributed by atoms with Crippen LogP contribution in [0.2, 0.25) is 0 Å². The predicted molar refractivity (Wildman–Crippen MR) is 147 cm³/mol. The largest absolute Gasteiger partial charge is 0.453 e. The molecule has 0 unspecified atom stereocenters. The summed E-state index contributed by atoms with van der Waals surface area (Å²) >= 11 is 0. The van der Waals surface area contributed by atoms with Gasteiger partial charge in [0.05, 0.1) is 18.8 Å². The summed E-state index contributed by atoms with van der Waals surface area (Å²) in [6.45, 7) is 4.28. The van der Waals surface area contributed by atoms with E-state index >= 15 is 0 Å². The molecule has 0 radical (unpaired) electrons. The lowest BCUT2D eigenvalue weighted by Gasteiger charge is -2.38. The number of carbonyl (C=O) groups is 2. The van der Waals surface area contributed by atoms with Crippen molar-refractivity contribution in [1.82, 2.24) is 4.90 Å². The highest BCUT2D eigenvalue weighted by atomic mass is 16.7. The van der Waals surface area contributed by atoms with Crippen LogP contribution in [0.25, 0.3) is 0 Å². The van der Waals surface area contributed by atoms with Gasteiger partial charge in [-0.05, 0) is 42.8 Å². The molecule has 0 aliphatic carbocycles. The second-order valence-corrected chi connectivity index (χ2v) is 9.90. The fourth-order valence-corrected chi connectivity index (χ4v) is 4.65. The molecule has 39 heavy (non-hydrogen) atoms. The zero-order valence-corrected chi connectivity index (χ0v) is 22.6. The van der Waals surface area contributed by atoms with Crippen molar-refractivity contribution >= 4 is 17.6 Å². The summed E-state index contributed by atoms with van der Waals surface area (Å²) in [5.41, 5.74) is 4.39. The molecule has 0 aromatic heterocycles. The minimum Gasteiger partial charge on any atom is -0.453 e. The lowest BCUT2D eigenvalue weighted by Crippen LogP contribution is -2.37. The van der Waals surface area contributed by atoms with Gasteiger partial charge >= 0.3 is 5.97 Å². The molecule has 1 saturated heterocycles. The van der Waals surface area contributed by atoms with Crippen LogP contribution in [0.3, 0.4) is 0 Å². The molecule has 206 valence electrons. The summed E-state index contributed by atoms with van der Waals surface area (Å²) in [7, 11) is 2.08. The predicted octanol–water partition coefficient (Wildman–Crippen LogP) is 4.75. The second kappa shape index (κ2) is 13.5. The maximum atomic E-state index is 12.5. The minimum atomic E-state index is -0.913. The van der Waals surface area contributed by atoms with E-state index in [0.29, 0.717) is 18.7 Å². The molecule has 1 aliphatic rings. The van der Waals surface area contributed by atoms with Gasteiger partial charge in [0.25, 0.3) is 5.91 Å². The van der Waals surface area contributed by atoms with E-state index in [2.05, 4.69) is 29.4 Å². The van der Waals surface area contributed by atoms with Gasteiger partial charge in [-0.25, -0.2) is 0 Å². The first kappa shape index (κ1) is 28.4. The Labute approximate surface area is 229 Å². The number of nitrogens with zero attached hydrogens (tertiary/aromatic N) is 1. The first-order chi connectivity index (χ1) is 18.8. The number of hydrogen-bond acceptors (Lipinski definition) is 7. The molecule has 8 heteroatoms. The number of aliphatic hydroxyl groups excluding tert-OH is 1. The van der Waals surface area contributed by atoms with Gasteiger partial charge in [0, 0.05) is 37.7 Å². The highest BCUT2D eigenvalue weighted by Crippen LogP contribution is 2.38. The smallest absolute Gasteiger partial charge is 0.303 e. The number of amides is 1. The summed E-state index contributed by atoms with van der Waals surface area (Å²) in [6.07, 6.45) is -1.22. The van der Waals surface area contributed by atoms with Gasteiger partial charge in [-0.15, -0.1) is 0 Å². The Bertz CT molecular complexity index is 1230. The Morgan fingerprint density at radius 1 is 1.00 bits per heavy atom. The number of ether oxygens (including phenoxy) is 3. The van der Waals surface area contributed by atoms with Crippen LogP contribution in [-0.2, 0) is 37.0 Å². The Morgan fingerprint density at radius 2 is 1.74 bits per heavy atom. The van der Waals surface area contributed by atoms with Crippen molar-refractivity contribution in [2.24, 2.45) is 0 Å². The van der Waals surface area contributed by atoms with E-state index in [9.17, 15) is 14.7 Å². The van der Waals surface area contributed by atoms with Crippen molar-refractivity contribution in [2.75, 3.05) is 18.9 Å². The molecule has 4 atom stereocenters. The number of aliphatic hydroxyl groups is 1. The van der Waals surface area contributed by atoms with Gasteiger partial charge in [-0.2, -0.15) is 0 Å². The Kier molecular flexibility index (Phi) is 9.84. The molecule has 0 spiro atoms. The topological polar surface area (TPSA) is 97.3 Å². The quantitative estimate of drug-likeness (QED) is 0.364. The number of hydrogen-bond donors (Lipinski definition) is 2. The summed E-state index contributed by atoms with van der Waals surface area (Å²) in [5, 5.41) is 12.2. The molecule has 1 fully saturated rings. The van der Waals surface area contributed by atoms with Gasteiger partial charge < -0.3 is 24.6 Å². The van der Waals surface area contributed by atoms with Crippen LogP contribution in [0.15, 0.2) is 78.9 Å². The third-order valence-electron chi connectivity index (χ3n) is 6.56. The highest BCUT2D eigenvalue weighted by molar-refractivity contribution is 5.95. The van der Waals surface area contributed by atoms with Crippen LogP contribution in [0, 0.1) is 0 Å². The number of rotatable bonds is 10. The molecule has 8 nitrogen and oxygen atoms in total. The monoisotopic (exact) mass is 532 g/mol. The van der Waals surface area contributed by atoms with Crippen LogP contribution >= 0.6 is 0 Å². The molecule has 1 heterocycles. The molecule has 1 amide bonds. The SMILES string of the molecule is CC(=O)O[C@@H](C)C(=O)Nc1cccc([C@H]2O[C@@H](CN(C)Cc3ccccc3)C[C@@H](c3ccc(CO)cc3)O2)c1. The Balaban J connectivity index is 1.51. The maximum Gasteiger partial charge on any atom is 0.303 e. The van der Waals surface area contributed by atoms with E-state index in [0.717, 1.165) is 23.2 Å². The van der Waals surface area contributed by atoms with Gasteiger partial charge in [-0.1, -0.05) is 66.7 Å². The molecular weight excluding hydrogens is 496 g/mol. The third-order valence-corrected chi connectivity index (χ3v) is 6.56. The van der Waals surface area contributed by atoms with Crippen molar-refractivity contribution in [2.45, 2.75) is 58.0 Å². The van der Waals surface area contributed by atoms with Crippen molar-refractivity contribution in [1.29, 1.82) is 0 Å². The molecule has 3 aromatic rings. The first-order valence-electron chi connectivity index (χ1n) is 13.1. The normalized spacial score (nSPS) is 19.9. The van der Waals surface area contributed by atoms with E-state index < -0.39 is 24.3 Å². The number of carbonyl (C=O) groups excluding carboxylic acids is 2. The van der Waals surface area contributed by atoms with E-state index in [4.69, 9.17) is 14.2 Å². The lowest BCUT2D eigenvalue weighted by atomic mass is 9.99. The van der Waals surface area contributed by atoms with Crippen molar-refractivity contribution in [3.05, 3.63) is 101 Å². The molecule has 0 bridgehead atoms. The van der Waals surface area contributed by atoms with Gasteiger partial charge in [0.15, 0.2) is 12.4 Å². The van der Waals surface area contributed by atoms with Crippen molar-refractivity contribution in [3.8, 4) is 0 Å². The van der Waals surface area contributed by atoms with Crippen LogP contribution in [0.1, 0.15) is 54.9 Å². The highest BCUT2D eigenvalue weighted by Gasteiger charge is 2.33. The molecule has 2 N–H and O–H groups in total.